The van der Waals surface area contributed by atoms with Gasteiger partial charge < -0.3 is 4.74 Å². The van der Waals surface area contributed by atoms with Crippen LogP contribution >= 0.6 is 11.3 Å². The number of hydrogen-bond acceptors (Lipinski definition) is 4. The molecule has 1 aromatic heterocycles. The molecular weight excluding hydrogens is 188 g/mol. The van der Waals surface area contributed by atoms with Gasteiger partial charge in [-0.2, -0.15) is 0 Å². The van der Waals surface area contributed by atoms with Crippen LogP contribution in [0.5, 0.6) is 0 Å². The fourth-order valence-electron chi connectivity index (χ4n) is 0.638. The maximum atomic E-state index is 11.1. The van der Waals surface area contributed by atoms with Gasteiger partial charge in [0, 0.05) is 17.7 Å². The molecule has 0 aliphatic carbocycles. The Morgan fingerprint density at radius 1 is 1.85 bits per heavy atom. The lowest BCUT2D eigenvalue weighted by atomic mass is 10.6. The summed E-state index contributed by atoms with van der Waals surface area (Å²) in [5.74, 6) is -0.233. The van der Waals surface area contributed by atoms with Crippen LogP contribution in [-0.4, -0.2) is 17.5 Å². The highest BCUT2D eigenvalue weighted by Gasteiger charge is 1.98. The average Bonchev–Trinajstić information content (AvgIpc) is 2.57. The Labute approximate surface area is 80.3 Å². The van der Waals surface area contributed by atoms with Crippen molar-refractivity contribution in [1.82, 2.24) is 4.98 Å². The summed E-state index contributed by atoms with van der Waals surface area (Å²) in [6.45, 7) is 2.41. The van der Waals surface area contributed by atoms with Crippen LogP contribution in [0.3, 0.4) is 0 Å². The second kappa shape index (κ2) is 5.31. The SMILES string of the molecule is CCO/C=C/C(=O)Nc1nccs1. The van der Waals surface area contributed by atoms with Crippen molar-refractivity contribution in [2.45, 2.75) is 6.92 Å². The molecule has 1 amide bonds. The van der Waals surface area contributed by atoms with Crippen molar-refractivity contribution < 1.29 is 9.53 Å². The molecule has 0 saturated carbocycles. The molecule has 0 aliphatic rings. The minimum absolute atomic E-state index is 0.233. The Hall–Kier alpha value is -1.36. The zero-order valence-electron chi connectivity index (χ0n) is 7.19. The summed E-state index contributed by atoms with van der Waals surface area (Å²) in [4.78, 5) is 15.0. The molecule has 1 rings (SSSR count). The van der Waals surface area contributed by atoms with E-state index in [1.54, 1.807) is 11.6 Å². The van der Waals surface area contributed by atoms with Gasteiger partial charge in [-0.05, 0) is 6.92 Å². The topological polar surface area (TPSA) is 51.2 Å². The minimum Gasteiger partial charge on any atom is -0.501 e. The normalized spacial score (nSPS) is 10.2. The van der Waals surface area contributed by atoms with Gasteiger partial charge in [0.1, 0.15) is 0 Å². The maximum absolute atomic E-state index is 11.1. The third kappa shape index (κ3) is 3.71. The van der Waals surface area contributed by atoms with E-state index >= 15 is 0 Å². The number of hydrogen-bond donors (Lipinski definition) is 1. The Balaban J connectivity index is 2.34. The molecule has 0 unspecified atom stereocenters. The van der Waals surface area contributed by atoms with Crippen molar-refractivity contribution in [2.75, 3.05) is 11.9 Å². The number of anilines is 1. The summed E-state index contributed by atoms with van der Waals surface area (Å²) in [6, 6.07) is 0. The first-order chi connectivity index (χ1) is 6.33. The molecular formula is C8H10N2O2S. The smallest absolute Gasteiger partial charge is 0.253 e. The Morgan fingerprint density at radius 2 is 2.69 bits per heavy atom. The number of amides is 1. The molecule has 0 bridgehead atoms. The van der Waals surface area contributed by atoms with E-state index in [1.165, 1.54) is 23.7 Å². The monoisotopic (exact) mass is 198 g/mol. The Bertz CT molecular complexity index is 282. The number of carbonyl (C=O) groups is 1. The summed E-state index contributed by atoms with van der Waals surface area (Å²) in [5, 5.41) is 4.97. The van der Waals surface area contributed by atoms with Crippen LogP contribution in [0.4, 0.5) is 5.13 Å². The Morgan fingerprint density at radius 3 is 3.31 bits per heavy atom. The van der Waals surface area contributed by atoms with Crippen molar-refractivity contribution in [2.24, 2.45) is 0 Å². The molecule has 13 heavy (non-hydrogen) atoms. The van der Waals surface area contributed by atoms with E-state index < -0.39 is 0 Å². The number of thiazole rings is 1. The predicted molar refractivity (Wildman–Crippen MR) is 51.5 cm³/mol. The summed E-state index contributed by atoms with van der Waals surface area (Å²) < 4.78 is 4.86. The quantitative estimate of drug-likeness (QED) is 0.591. The van der Waals surface area contributed by atoms with E-state index in [9.17, 15) is 4.79 Å². The molecule has 0 aliphatic heterocycles. The van der Waals surface area contributed by atoms with Gasteiger partial charge in [0.05, 0.1) is 12.9 Å². The molecule has 4 nitrogen and oxygen atoms in total. The van der Waals surface area contributed by atoms with Crippen LogP contribution in [0.15, 0.2) is 23.9 Å². The Kier molecular flexibility index (Phi) is 3.98. The van der Waals surface area contributed by atoms with Crippen molar-refractivity contribution in [3.8, 4) is 0 Å². The zero-order chi connectivity index (χ0) is 9.52. The maximum Gasteiger partial charge on any atom is 0.253 e. The van der Waals surface area contributed by atoms with Crippen LogP contribution in [-0.2, 0) is 9.53 Å². The van der Waals surface area contributed by atoms with Crippen LogP contribution in [0, 0.1) is 0 Å². The number of aromatic nitrogens is 1. The molecule has 0 fully saturated rings. The first-order valence-corrected chi connectivity index (χ1v) is 4.69. The van der Waals surface area contributed by atoms with Gasteiger partial charge in [0.15, 0.2) is 5.13 Å². The second-order valence-corrected chi connectivity index (χ2v) is 2.98. The van der Waals surface area contributed by atoms with E-state index in [4.69, 9.17) is 4.74 Å². The second-order valence-electron chi connectivity index (χ2n) is 2.08. The van der Waals surface area contributed by atoms with Crippen LogP contribution < -0.4 is 5.32 Å². The third-order valence-electron chi connectivity index (χ3n) is 1.14. The van der Waals surface area contributed by atoms with Crippen molar-refractivity contribution in [1.29, 1.82) is 0 Å². The third-order valence-corrected chi connectivity index (χ3v) is 1.83. The lowest BCUT2D eigenvalue weighted by Gasteiger charge is -1.95. The minimum atomic E-state index is -0.233. The standard InChI is InChI=1S/C8H10N2O2S/c1-2-12-5-3-7(11)10-8-9-4-6-13-8/h3-6H,2H2,1H3,(H,9,10,11)/b5-3+. The van der Waals surface area contributed by atoms with E-state index in [0.29, 0.717) is 11.7 Å². The van der Waals surface area contributed by atoms with Gasteiger partial charge in [-0.25, -0.2) is 4.98 Å². The van der Waals surface area contributed by atoms with Gasteiger partial charge in [0.2, 0.25) is 0 Å². The molecule has 1 heterocycles. The fraction of sp³-hybridized carbons (Fsp3) is 0.250. The van der Waals surface area contributed by atoms with Crippen LogP contribution in [0.1, 0.15) is 6.92 Å². The number of carbonyl (C=O) groups excluding carboxylic acids is 1. The zero-order valence-corrected chi connectivity index (χ0v) is 8.00. The molecule has 0 spiro atoms. The van der Waals surface area contributed by atoms with Crippen LogP contribution in [0.2, 0.25) is 0 Å². The van der Waals surface area contributed by atoms with E-state index in [-0.39, 0.29) is 5.91 Å². The number of rotatable bonds is 4. The fourth-order valence-corrected chi connectivity index (χ4v) is 1.17. The van der Waals surface area contributed by atoms with E-state index in [0.717, 1.165) is 0 Å². The molecule has 0 aromatic carbocycles. The van der Waals surface area contributed by atoms with Crippen molar-refractivity contribution in [3.63, 3.8) is 0 Å². The summed E-state index contributed by atoms with van der Waals surface area (Å²) >= 11 is 1.37. The van der Waals surface area contributed by atoms with Gasteiger partial charge in [-0.3, -0.25) is 10.1 Å². The largest absolute Gasteiger partial charge is 0.501 e. The first kappa shape index (κ1) is 9.73. The molecule has 0 saturated heterocycles. The van der Waals surface area contributed by atoms with Crippen LogP contribution in [0.25, 0.3) is 0 Å². The van der Waals surface area contributed by atoms with Crippen molar-refractivity contribution in [3.05, 3.63) is 23.9 Å². The van der Waals surface area contributed by atoms with Gasteiger partial charge in [-0.15, -0.1) is 11.3 Å². The highest BCUT2D eigenvalue weighted by atomic mass is 32.1. The lowest BCUT2D eigenvalue weighted by Crippen LogP contribution is -2.07. The molecule has 5 heteroatoms. The highest BCUT2D eigenvalue weighted by molar-refractivity contribution is 7.13. The molecule has 1 N–H and O–H groups in total. The lowest BCUT2D eigenvalue weighted by molar-refractivity contribution is -0.112. The average molecular weight is 198 g/mol. The van der Waals surface area contributed by atoms with Gasteiger partial charge >= 0.3 is 0 Å². The van der Waals surface area contributed by atoms with Gasteiger partial charge in [0.25, 0.3) is 5.91 Å². The van der Waals surface area contributed by atoms with E-state index in [1.807, 2.05) is 6.92 Å². The molecule has 1 aromatic rings. The number of nitrogens with one attached hydrogen (secondary N) is 1. The predicted octanol–water partition coefficient (Wildman–Crippen LogP) is 1.63. The molecule has 0 atom stereocenters. The summed E-state index contributed by atoms with van der Waals surface area (Å²) in [6.07, 6.45) is 4.32. The van der Waals surface area contributed by atoms with E-state index in [2.05, 4.69) is 10.3 Å². The molecule has 0 radical (unpaired) electrons. The highest BCUT2D eigenvalue weighted by Crippen LogP contribution is 2.09. The van der Waals surface area contributed by atoms with Gasteiger partial charge in [-0.1, -0.05) is 0 Å². The molecule has 70 valence electrons. The summed E-state index contributed by atoms with van der Waals surface area (Å²) in [5.41, 5.74) is 0. The number of nitrogens with zero attached hydrogens (tertiary/aromatic N) is 1. The first-order valence-electron chi connectivity index (χ1n) is 3.81. The number of ether oxygens (including phenoxy) is 1. The summed E-state index contributed by atoms with van der Waals surface area (Å²) in [7, 11) is 0. The van der Waals surface area contributed by atoms with Crippen molar-refractivity contribution >= 4 is 22.4 Å².